The van der Waals surface area contributed by atoms with Crippen LogP contribution in [0.5, 0.6) is 23.0 Å². The normalized spacial score (nSPS) is 15.0. The van der Waals surface area contributed by atoms with Crippen molar-refractivity contribution in [2.45, 2.75) is 0 Å². The highest BCUT2D eigenvalue weighted by molar-refractivity contribution is 8.26. The average molecular weight is 432 g/mol. The van der Waals surface area contributed by atoms with E-state index in [2.05, 4.69) is 0 Å². The van der Waals surface area contributed by atoms with Gasteiger partial charge >= 0.3 is 0 Å². The lowest BCUT2D eigenvalue weighted by Crippen LogP contribution is -2.32. The van der Waals surface area contributed by atoms with E-state index in [-0.39, 0.29) is 5.91 Å². The standard InChI is InChI=1S/C21H21NO5S2/c1-24-16-13-18(26-3)17(25-2)11-14(16)12-19-20(23)22(21(28)29-19)9-10-27-15-7-5-4-6-8-15/h4-8,11-13H,9-10H2,1-3H3. The lowest BCUT2D eigenvalue weighted by molar-refractivity contribution is -0.122. The van der Waals surface area contributed by atoms with Gasteiger partial charge in [0.2, 0.25) is 0 Å². The fourth-order valence-corrected chi connectivity index (χ4v) is 4.07. The molecule has 1 aliphatic heterocycles. The van der Waals surface area contributed by atoms with Crippen LogP contribution in [0.2, 0.25) is 0 Å². The predicted octanol–water partition coefficient (Wildman–Crippen LogP) is 3.99. The number of hydrogen-bond donors (Lipinski definition) is 0. The van der Waals surface area contributed by atoms with Crippen molar-refractivity contribution >= 4 is 40.3 Å². The molecule has 1 amide bonds. The van der Waals surface area contributed by atoms with Crippen LogP contribution in [0.25, 0.3) is 6.08 Å². The second-order valence-electron chi connectivity index (χ2n) is 5.94. The Morgan fingerprint density at radius 3 is 2.31 bits per heavy atom. The van der Waals surface area contributed by atoms with E-state index < -0.39 is 0 Å². The van der Waals surface area contributed by atoms with Crippen LogP contribution < -0.4 is 18.9 Å². The predicted molar refractivity (Wildman–Crippen MR) is 118 cm³/mol. The third-order valence-electron chi connectivity index (χ3n) is 4.22. The van der Waals surface area contributed by atoms with Crippen LogP contribution in [0.15, 0.2) is 47.4 Å². The average Bonchev–Trinajstić information content (AvgIpc) is 3.01. The second-order valence-corrected chi connectivity index (χ2v) is 7.62. The molecule has 0 unspecified atom stereocenters. The van der Waals surface area contributed by atoms with E-state index in [9.17, 15) is 4.79 Å². The Kier molecular flexibility index (Phi) is 7.00. The molecule has 0 radical (unpaired) electrons. The summed E-state index contributed by atoms with van der Waals surface area (Å²) in [6.45, 7) is 0.726. The summed E-state index contributed by atoms with van der Waals surface area (Å²) >= 11 is 6.64. The van der Waals surface area contributed by atoms with Crippen molar-refractivity contribution in [3.63, 3.8) is 0 Å². The van der Waals surface area contributed by atoms with Crippen LogP contribution in [0, 0.1) is 0 Å². The molecule has 2 aromatic rings. The minimum Gasteiger partial charge on any atom is -0.496 e. The molecule has 1 heterocycles. The number of rotatable bonds is 8. The van der Waals surface area contributed by atoms with Gasteiger partial charge in [0, 0.05) is 11.6 Å². The summed E-state index contributed by atoms with van der Waals surface area (Å²) in [6.07, 6.45) is 1.75. The quantitative estimate of drug-likeness (QED) is 0.463. The molecule has 1 saturated heterocycles. The number of benzene rings is 2. The second kappa shape index (κ2) is 9.67. The Hall–Kier alpha value is -2.71. The number of carbonyl (C=O) groups is 1. The number of thiocarbonyl (C=S) groups is 1. The monoisotopic (exact) mass is 431 g/mol. The Bertz CT molecular complexity index is 930. The molecule has 0 bridgehead atoms. The van der Waals surface area contributed by atoms with Crippen LogP contribution in [0.4, 0.5) is 0 Å². The van der Waals surface area contributed by atoms with Crippen molar-refractivity contribution < 1.29 is 23.7 Å². The summed E-state index contributed by atoms with van der Waals surface area (Å²) in [5.74, 6) is 2.26. The zero-order chi connectivity index (χ0) is 20.8. The minimum atomic E-state index is -0.159. The molecule has 6 nitrogen and oxygen atoms in total. The van der Waals surface area contributed by atoms with E-state index in [1.54, 1.807) is 44.4 Å². The van der Waals surface area contributed by atoms with Gasteiger partial charge in [0.15, 0.2) is 11.5 Å². The molecule has 0 aromatic heterocycles. The smallest absolute Gasteiger partial charge is 0.266 e. The molecule has 8 heteroatoms. The van der Waals surface area contributed by atoms with Gasteiger partial charge in [-0.1, -0.05) is 42.2 Å². The van der Waals surface area contributed by atoms with Crippen molar-refractivity contribution in [3.05, 3.63) is 52.9 Å². The Morgan fingerprint density at radius 1 is 1.00 bits per heavy atom. The topological polar surface area (TPSA) is 57.2 Å². The molecule has 0 aliphatic carbocycles. The minimum absolute atomic E-state index is 0.159. The number of para-hydroxylation sites is 1. The molecule has 0 N–H and O–H groups in total. The van der Waals surface area contributed by atoms with Gasteiger partial charge in [-0.05, 0) is 24.3 Å². The zero-order valence-electron chi connectivity index (χ0n) is 16.3. The van der Waals surface area contributed by atoms with Gasteiger partial charge in [0.05, 0.1) is 32.8 Å². The van der Waals surface area contributed by atoms with E-state index in [1.807, 2.05) is 30.3 Å². The summed E-state index contributed by atoms with van der Waals surface area (Å²) in [5.41, 5.74) is 0.700. The van der Waals surface area contributed by atoms with Gasteiger partial charge < -0.3 is 18.9 Å². The molecular formula is C21H21NO5S2. The molecular weight excluding hydrogens is 410 g/mol. The van der Waals surface area contributed by atoms with Gasteiger partial charge in [0.1, 0.15) is 22.4 Å². The van der Waals surface area contributed by atoms with Gasteiger partial charge in [0.25, 0.3) is 5.91 Å². The van der Waals surface area contributed by atoms with Gasteiger partial charge in [-0.3, -0.25) is 9.69 Å². The van der Waals surface area contributed by atoms with E-state index in [0.29, 0.717) is 45.2 Å². The number of hydrogen-bond acceptors (Lipinski definition) is 7. The van der Waals surface area contributed by atoms with E-state index in [0.717, 1.165) is 5.75 Å². The van der Waals surface area contributed by atoms with Crippen molar-refractivity contribution in [2.75, 3.05) is 34.5 Å². The molecule has 152 valence electrons. The number of carbonyl (C=O) groups excluding carboxylic acids is 1. The third kappa shape index (κ3) is 4.83. The highest BCUT2D eigenvalue weighted by Gasteiger charge is 2.32. The number of ether oxygens (including phenoxy) is 4. The number of nitrogens with zero attached hydrogens (tertiary/aromatic N) is 1. The first kappa shape index (κ1) is 21.0. The molecule has 1 fully saturated rings. The molecule has 2 aromatic carbocycles. The molecule has 1 aliphatic rings. The van der Waals surface area contributed by atoms with Crippen molar-refractivity contribution in [3.8, 4) is 23.0 Å². The van der Waals surface area contributed by atoms with Gasteiger partial charge in [-0.2, -0.15) is 0 Å². The van der Waals surface area contributed by atoms with Crippen LogP contribution in [-0.4, -0.2) is 49.6 Å². The maximum absolute atomic E-state index is 12.8. The molecule has 29 heavy (non-hydrogen) atoms. The van der Waals surface area contributed by atoms with Gasteiger partial charge in [-0.25, -0.2) is 0 Å². The summed E-state index contributed by atoms with van der Waals surface area (Å²) < 4.78 is 22.3. The maximum atomic E-state index is 12.8. The fourth-order valence-electron chi connectivity index (χ4n) is 2.77. The molecule has 3 rings (SSSR count). The van der Waals surface area contributed by atoms with Crippen molar-refractivity contribution in [1.29, 1.82) is 0 Å². The first-order valence-corrected chi connectivity index (χ1v) is 10.0. The molecule has 0 saturated carbocycles. The number of amides is 1. The van der Waals surface area contributed by atoms with E-state index >= 15 is 0 Å². The number of methoxy groups -OCH3 is 3. The maximum Gasteiger partial charge on any atom is 0.266 e. The first-order chi connectivity index (χ1) is 14.1. The summed E-state index contributed by atoms with van der Waals surface area (Å²) in [5, 5.41) is 0. The Labute approximate surface area is 179 Å². The highest BCUT2D eigenvalue weighted by atomic mass is 32.2. The van der Waals surface area contributed by atoms with Crippen LogP contribution in [0.1, 0.15) is 5.56 Å². The summed E-state index contributed by atoms with van der Waals surface area (Å²) in [7, 11) is 4.67. The first-order valence-electron chi connectivity index (χ1n) is 8.80. The van der Waals surface area contributed by atoms with E-state index in [4.69, 9.17) is 31.2 Å². The SMILES string of the molecule is COc1cc(OC)c(OC)cc1C=C1SC(=S)N(CCOc2ccccc2)C1=O. The van der Waals surface area contributed by atoms with Crippen LogP contribution >= 0.6 is 24.0 Å². The Balaban J connectivity index is 1.75. The van der Waals surface area contributed by atoms with E-state index in [1.165, 1.54) is 11.8 Å². The summed E-state index contributed by atoms with van der Waals surface area (Å²) in [4.78, 5) is 14.9. The fraction of sp³-hybridized carbons (Fsp3) is 0.238. The van der Waals surface area contributed by atoms with Crippen molar-refractivity contribution in [1.82, 2.24) is 4.90 Å². The van der Waals surface area contributed by atoms with Gasteiger partial charge in [-0.15, -0.1) is 0 Å². The largest absolute Gasteiger partial charge is 0.496 e. The van der Waals surface area contributed by atoms with Crippen LogP contribution in [-0.2, 0) is 4.79 Å². The number of thioether (sulfide) groups is 1. The third-order valence-corrected chi connectivity index (χ3v) is 5.60. The Morgan fingerprint density at radius 2 is 1.66 bits per heavy atom. The van der Waals surface area contributed by atoms with Crippen LogP contribution in [0.3, 0.4) is 0 Å². The lowest BCUT2D eigenvalue weighted by Gasteiger charge is -2.15. The molecule has 0 spiro atoms. The lowest BCUT2D eigenvalue weighted by atomic mass is 10.1. The highest BCUT2D eigenvalue weighted by Crippen LogP contribution is 2.38. The van der Waals surface area contributed by atoms with Crippen molar-refractivity contribution in [2.24, 2.45) is 0 Å². The summed E-state index contributed by atoms with van der Waals surface area (Å²) in [6, 6.07) is 12.9. The molecule has 0 atom stereocenters. The zero-order valence-corrected chi connectivity index (χ0v) is 18.0.